The van der Waals surface area contributed by atoms with Gasteiger partial charge in [-0.15, -0.1) is 0 Å². The summed E-state index contributed by atoms with van der Waals surface area (Å²) in [5.74, 6) is 0.925. The molecule has 2 saturated heterocycles. The van der Waals surface area contributed by atoms with Crippen LogP contribution in [0.15, 0.2) is 30.3 Å². The molecule has 2 heteroatoms. The molecule has 0 amide bonds. The summed E-state index contributed by atoms with van der Waals surface area (Å²) in [6, 6.07) is 11.7. The highest BCUT2D eigenvalue weighted by Gasteiger charge is 2.39. The average Bonchev–Trinajstić information content (AvgIpc) is 2.83. The predicted molar refractivity (Wildman–Crippen MR) is 66.2 cm³/mol. The first-order valence-electron chi connectivity index (χ1n) is 6.29. The molecule has 2 nitrogen and oxygen atoms in total. The monoisotopic (exact) mass is 216 g/mol. The quantitative estimate of drug-likeness (QED) is 0.744. The Kier molecular flexibility index (Phi) is 2.70. The highest BCUT2D eigenvalue weighted by molar-refractivity contribution is 5.15. The van der Waals surface area contributed by atoms with Crippen molar-refractivity contribution in [1.29, 1.82) is 0 Å². The van der Waals surface area contributed by atoms with E-state index in [2.05, 4.69) is 47.2 Å². The summed E-state index contributed by atoms with van der Waals surface area (Å²) in [6.45, 7) is 4.98. The smallest absolute Gasteiger partial charge is 0.0261 e. The van der Waals surface area contributed by atoms with Crippen LogP contribution in [-0.4, -0.2) is 42.5 Å². The average molecular weight is 216 g/mol. The largest absolute Gasteiger partial charge is 0.302 e. The Morgan fingerprint density at radius 2 is 2.00 bits per heavy atom. The third-order valence-corrected chi connectivity index (χ3v) is 4.15. The van der Waals surface area contributed by atoms with Gasteiger partial charge in [-0.05, 0) is 31.5 Å². The molecular formula is C14H20N2. The van der Waals surface area contributed by atoms with E-state index in [9.17, 15) is 0 Å². The number of benzene rings is 1. The van der Waals surface area contributed by atoms with Crippen molar-refractivity contribution >= 4 is 0 Å². The first-order valence-corrected chi connectivity index (χ1v) is 6.29. The number of likely N-dealkylation sites (N-methyl/N-ethyl adjacent to an activating group) is 1. The predicted octanol–water partition coefficient (Wildman–Crippen LogP) is 1.82. The third-order valence-electron chi connectivity index (χ3n) is 4.15. The minimum Gasteiger partial charge on any atom is -0.302 e. The molecule has 0 N–H and O–H groups in total. The summed E-state index contributed by atoms with van der Waals surface area (Å²) in [6.07, 6.45) is 1.40. The van der Waals surface area contributed by atoms with E-state index in [1.54, 1.807) is 0 Å². The van der Waals surface area contributed by atoms with Crippen molar-refractivity contribution in [3.8, 4) is 0 Å². The van der Waals surface area contributed by atoms with Crippen molar-refractivity contribution in [2.45, 2.75) is 19.0 Å². The molecule has 86 valence electrons. The van der Waals surface area contributed by atoms with E-state index < -0.39 is 0 Å². The second-order valence-electron chi connectivity index (χ2n) is 5.28. The van der Waals surface area contributed by atoms with Crippen LogP contribution in [0.4, 0.5) is 0 Å². The summed E-state index contributed by atoms with van der Waals surface area (Å²) in [5, 5.41) is 0. The topological polar surface area (TPSA) is 6.48 Å². The zero-order valence-corrected chi connectivity index (χ0v) is 9.97. The molecule has 2 unspecified atom stereocenters. The van der Waals surface area contributed by atoms with Crippen LogP contribution >= 0.6 is 0 Å². The number of rotatable bonds is 2. The number of nitrogens with zero attached hydrogens (tertiary/aromatic N) is 2. The van der Waals surface area contributed by atoms with Gasteiger partial charge >= 0.3 is 0 Å². The molecule has 0 spiro atoms. The highest BCUT2D eigenvalue weighted by Crippen LogP contribution is 2.30. The summed E-state index contributed by atoms with van der Waals surface area (Å²) in [4.78, 5) is 5.15. The van der Waals surface area contributed by atoms with Crippen molar-refractivity contribution in [3.05, 3.63) is 35.9 Å². The standard InChI is InChI=1S/C14H20N2/c1-15-8-7-13-10-16(11-14(13)15)9-12-5-3-2-4-6-12/h2-6,13-14H,7-11H2,1H3. The zero-order chi connectivity index (χ0) is 11.0. The molecular weight excluding hydrogens is 196 g/mol. The minimum absolute atomic E-state index is 0.823. The molecule has 2 aliphatic heterocycles. The Morgan fingerprint density at radius 3 is 2.75 bits per heavy atom. The molecule has 0 aliphatic carbocycles. The van der Waals surface area contributed by atoms with Crippen LogP contribution in [-0.2, 0) is 6.54 Å². The van der Waals surface area contributed by atoms with Gasteiger partial charge in [0.1, 0.15) is 0 Å². The van der Waals surface area contributed by atoms with Gasteiger partial charge < -0.3 is 4.90 Å². The Morgan fingerprint density at radius 1 is 1.19 bits per heavy atom. The van der Waals surface area contributed by atoms with Crippen LogP contribution in [0, 0.1) is 5.92 Å². The van der Waals surface area contributed by atoms with Gasteiger partial charge in [0, 0.05) is 25.7 Å². The van der Waals surface area contributed by atoms with Crippen LogP contribution in [0.2, 0.25) is 0 Å². The molecule has 0 saturated carbocycles. The fraction of sp³-hybridized carbons (Fsp3) is 0.571. The highest BCUT2D eigenvalue weighted by atomic mass is 15.3. The number of hydrogen-bond donors (Lipinski definition) is 0. The number of hydrogen-bond acceptors (Lipinski definition) is 2. The molecule has 2 heterocycles. The van der Waals surface area contributed by atoms with Crippen LogP contribution in [0.25, 0.3) is 0 Å². The zero-order valence-electron chi connectivity index (χ0n) is 9.97. The van der Waals surface area contributed by atoms with Crippen LogP contribution < -0.4 is 0 Å². The second kappa shape index (κ2) is 4.19. The van der Waals surface area contributed by atoms with E-state index in [4.69, 9.17) is 0 Å². The van der Waals surface area contributed by atoms with Crippen molar-refractivity contribution in [3.63, 3.8) is 0 Å². The Labute approximate surface area is 97.9 Å². The molecule has 2 atom stereocenters. The number of fused-ring (bicyclic) bond motifs is 1. The van der Waals surface area contributed by atoms with E-state index in [1.807, 2.05) is 0 Å². The maximum atomic E-state index is 2.61. The molecule has 0 radical (unpaired) electrons. The van der Waals surface area contributed by atoms with Gasteiger partial charge in [-0.25, -0.2) is 0 Å². The molecule has 16 heavy (non-hydrogen) atoms. The van der Waals surface area contributed by atoms with Crippen LogP contribution in [0.3, 0.4) is 0 Å². The van der Waals surface area contributed by atoms with Crippen molar-refractivity contribution in [2.75, 3.05) is 26.7 Å². The lowest BCUT2D eigenvalue weighted by Gasteiger charge is -2.20. The van der Waals surface area contributed by atoms with Gasteiger partial charge in [0.05, 0.1) is 0 Å². The van der Waals surface area contributed by atoms with Gasteiger partial charge in [0.2, 0.25) is 0 Å². The number of likely N-dealkylation sites (tertiary alicyclic amines) is 2. The Hall–Kier alpha value is -0.860. The van der Waals surface area contributed by atoms with Crippen LogP contribution in [0.1, 0.15) is 12.0 Å². The molecule has 1 aromatic rings. The summed E-state index contributed by atoms with van der Waals surface area (Å²) >= 11 is 0. The van der Waals surface area contributed by atoms with Crippen molar-refractivity contribution in [2.24, 2.45) is 5.92 Å². The van der Waals surface area contributed by atoms with E-state index >= 15 is 0 Å². The molecule has 0 bridgehead atoms. The first-order chi connectivity index (χ1) is 7.83. The van der Waals surface area contributed by atoms with E-state index in [0.29, 0.717) is 0 Å². The fourth-order valence-electron chi connectivity index (χ4n) is 3.23. The maximum absolute atomic E-state index is 2.61. The van der Waals surface area contributed by atoms with Gasteiger partial charge in [-0.3, -0.25) is 4.90 Å². The van der Waals surface area contributed by atoms with Gasteiger partial charge in [0.25, 0.3) is 0 Å². The van der Waals surface area contributed by atoms with Gasteiger partial charge in [-0.1, -0.05) is 30.3 Å². The summed E-state index contributed by atoms with van der Waals surface area (Å²) < 4.78 is 0. The minimum atomic E-state index is 0.823. The van der Waals surface area contributed by atoms with E-state index in [-0.39, 0.29) is 0 Å². The maximum Gasteiger partial charge on any atom is 0.0261 e. The fourth-order valence-corrected chi connectivity index (χ4v) is 3.23. The lowest BCUT2D eigenvalue weighted by Crippen LogP contribution is -2.31. The van der Waals surface area contributed by atoms with E-state index in [0.717, 1.165) is 18.5 Å². The molecule has 1 aromatic carbocycles. The lowest BCUT2D eigenvalue weighted by atomic mass is 10.1. The van der Waals surface area contributed by atoms with E-state index in [1.165, 1.54) is 31.6 Å². The first kappa shape index (κ1) is 10.3. The normalized spacial score (nSPS) is 30.8. The van der Waals surface area contributed by atoms with Gasteiger partial charge in [-0.2, -0.15) is 0 Å². The second-order valence-corrected chi connectivity index (χ2v) is 5.28. The van der Waals surface area contributed by atoms with Crippen LogP contribution in [0.5, 0.6) is 0 Å². The molecule has 3 rings (SSSR count). The Balaban J connectivity index is 1.63. The Bertz CT molecular complexity index is 349. The molecule has 2 fully saturated rings. The molecule has 2 aliphatic rings. The third kappa shape index (κ3) is 1.87. The van der Waals surface area contributed by atoms with Gasteiger partial charge in [0.15, 0.2) is 0 Å². The van der Waals surface area contributed by atoms with Crippen molar-refractivity contribution < 1.29 is 0 Å². The summed E-state index contributed by atoms with van der Waals surface area (Å²) in [5.41, 5.74) is 1.45. The molecule has 0 aromatic heterocycles. The SMILES string of the molecule is CN1CCC2CN(Cc3ccccc3)CC21. The van der Waals surface area contributed by atoms with Crippen molar-refractivity contribution in [1.82, 2.24) is 9.80 Å². The lowest BCUT2D eigenvalue weighted by molar-refractivity contribution is 0.255. The summed E-state index contributed by atoms with van der Waals surface area (Å²) in [7, 11) is 2.27.